The van der Waals surface area contributed by atoms with Crippen LogP contribution in [0.25, 0.3) is 6.08 Å². The summed E-state index contributed by atoms with van der Waals surface area (Å²) in [5.41, 5.74) is 1.15. The summed E-state index contributed by atoms with van der Waals surface area (Å²) in [5, 5.41) is 21.0. The van der Waals surface area contributed by atoms with Gasteiger partial charge in [0.2, 0.25) is 12.8 Å². The van der Waals surface area contributed by atoms with Crippen molar-refractivity contribution in [2.75, 3.05) is 27.0 Å². The Labute approximate surface area is 132 Å². The molecule has 1 aromatic rings. The molecule has 23 heavy (non-hydrogen) atoms. The van der Waals surface area contributed by atoms with Gasteiger partial charge in [-0.2, -0.15) is 0 Å². The van der Waals surface area contributed by atoms with Crippen LogP contribution in [0.15, 0.2) is 28.9 Å². The molecule has 122 valence electrons. The Morgan fingerprint density at radius 3 is 3.00 bits per heavy atom. The van der Waals surface area contributed by atoms with E-state index >= 15 is 0 Å². The zero-order valence-corrected chi connectivity index (χ0v) is 12.5. The van der Waals surface area contributed by atoms with Gasteiger partial charge in [-0.05, 0) is 23.8 Å². The third kappa shape index (κ3) is 3.13. The topological polar surface area (TPSA) is 104 Å². The van der Waals surface area contributed by atoms with Crippen LogP contribution in [0.2, 0.25) is 0 Å². The van der Waals surface area contributed by atoms with E-state index in [2.05, 4.69) is 10.3 Å². The predicted molar refractivity (Wildman–Crippen MR) is 81.8 cm³/mol. The van der Waals surface area contributed by atoms with Crippen molar-refractivity contribution in [3.05, 3.63) is 29.5 Å². The van der Waals surface area contributed by atoms with Crippen LogP contribution in [0.4, 0.5) is 0 Å². The number of hydrogen-bond acceptors (Lipinski definition) is 6. The molecule has 0 aliphatic carbocycles. The SMILES string of the molecule is CN1C(=O)/C(=C/c2ccc3c(c2)OCO3)NC1=NCC(O)CO. The number of aliphatic imine (C=N–C) groups is 1. The van der Waals surface area contributed by atoms with Crippen LogP contribution in [0.1, 0.15) is 5.56 Å². The van der Waals surface area contributed by atoms with Gasteiger partial charge in [-0.15, -0.1) is 0 Å². The predicted octanol–water partition coefficient (Wildman–Crippen LogP) is -0.473. The molecule has 1 fully saturated rings. The van der Waals surface area contributed by atoms with Crippen LogP contribution in [-0.4, -0.2) is 60.1 Å². The van der Waals surface area contributed by atoms with Crippen LogP contribution in [-0.2, 0) is 4.79 Å². The molecule has 3 rings (SSSR count). The summed E-state index contributed by atoms with van der Waals surface area (Å²) in [6.07, 6.45) is 0.737. The van der Waals surface area contributed by atoms with E-state index in [1.54, 1.807) is 25.3 Å². The fourth-order valence-corrected chi connectivity index (χ4v) is 2.20. The van der Waals surface area contributed by atoms with E-state index in [4.69, 9.17) is 14.6 Å². The number of carbonyl (C=O) groups is 1. The van der Waals surface area contributed by atoms with Crippen molar-refractivity contribution < 1.29 is 24.5 Å². The van der Waals surface area contributed by atoms with Crippen molar-refractivity contribution >= 4 is 17.9 Å². The first-order valence-electron chi connectivity index (χ1n) is 7.08. The van der Waals surface area contributed by atoms with Gasteiger partial charge >= 0.3 is 0 Å². The number of aliphatic hydroxyl groups excluding tert-OH is 2. The largest absolute Gasteiger partial charge is 0.454 e. The summed E-state index contributed by atoms with van der Waals surface area (Å²) in [6.45, 7) is -0.179. The molecule has 0 radical (unpaired) electrons. The molecule has 1 aromatic carbocycles. The standard InChI is InChI=1S/C15H17N3O5/c1-18-14(21)11(17-15(18)16-6-10(20)7-19)4-9-2-3-12-13(5-9)23-8-22-12/h2-5,10,19-20H,6-8H2,1H3,(H,16,17)/b11-4-. The van der Waals surface area contributed by atoms with Crippen LogP contribution in [0.3, 0.4) is 0 Å². The lowest BCUT2D eigenvalue weighted by Gasteiger charge is -2.08. The number of aliphatic hydroxyl groups is 2. The van der Waals surface area contributed by atoms with E-state index in [1.165, 1.54) is 4.90 Å². The monoisotopic (exact) mass is 319 g/mol. The Morgan fingerprint density at radius 2 is 2.22 bits per heavy atom. The zero-order chi connectivity index (χ0) is 16.4. The fourth-order valence-electron chi connectivity index (χ4n) is 2.20. The van der Waals surface area contributed by atoms with Crippen molar-refractivity contribution in [3.63, 3.8) is 0 Å². The maximum atomic E-state index is 12.2. The van der Waals surface area contributed by atoms with Gasteiger partial charge in [0.05, 0.1) is 19.3 Å². The lowest BCUT2D eigenvalue weighted by Crippen LogP contribution is -2.30. The third-order valence-corrected chi connectivity index (χ3v) is 3.47. The number of nitrogens with one attached hydrogen (secondary N) is 1. The van der Waals surface area contributed by atoms with Gasteiger partial charge in [-0.1, -0.05) is 6.07 Å². The first-order valence-corrected chi connectivity index (χ1v) is 7.08. The number of fused-ring (bicyclic) bond motifs is 1. The molecular weight excluding hydrogens is 302 g/mol. The lowest BCUT2D eigenvalue weighted by atomic mass is 10.1. The minimum absolute atomic E-state index is 0.00770. The molecule has 1 unspecified atom stereocenters. The Kier molecular flexibility index (Phi) is 4.18. The lowest BCUT2D eigenvalue weighted by molar-refractivity contribution is -0.121. The summed E-state index contributed by atoms with van der Waals surface area (Å²) in [7, 11) is 1.58. The van der Waals surface area contributed by atoms with Gasteiger partial charge in [0.1, 0.15) is 5.70 Å². The summed E-state index contributed by atoms with van der Waals surface area (Å²) < 4.78 is 10.6. The normalized spacial score (nSPS) is 21.2. The number of carbonyl (C=O) groups excluding carboxylic acids is 1. The van der Waals surface area contributed by atoms with E-state index < -0.39 is 6.10 Å². The van der Waals surface area contributed by atoms with E-state index in [0.717, 1.165) is 5.56 Å². The highest BCUT2D eigenvalue weighted by Crippen LogP contribution is 2.33. The number of guanidine groups is 1. The molecule has 8 nitrogen and oxygen atoms in total. The van der Waals surface area contributed by atoms with E-state index in [1.807, 2.05) is 6.07 Å². The van der Waals surface area contributed by atoms with Crippen molar-refractivity contribution in [2.45, 2.75) is 6.10 Å². The summed E-state index contributed by atoms with van der Waals surface area (Å²) >= 11 is 0. The molecule has 3 N–H and O–H groups in total. The summed E-state index contributed by atoms with van der Waals surface area (Å²) in [5.74, 6) is 1.41. The molecular formula is C15H17N3O5. The number of benzene rings is 1. The number of rotatable bonds is 4. The molecule has 1 atom stereocenters. The van der Waals surface area contributed by atoms with Crippen molar-refractivity contribution in [3.8, 4) is 11.5 Å². The zero-order valence-electron chi connectivity index (χ0n) is 12.5. The maximum Gasteiger partial charge on any atom is 0.276 e. The highest BCUT2D eigenvalue weighted by molar-refractivity contribution is 6.15. The van der Waals surface area contributed by atoms with Crippen molar-refractivity contribution in [1.82, 2.24) is 10.2 Å². The quantitative estimate of drug-likeness (QED) is 0.648. The fraction of sp³-hybridized carbons (Fsp3) is 0.333. The smallest absolute Gasteiger partial charge is 0.276 e. The minimum atomic E-state index is -0.949. The Hall–Kier alpha value is -2.58. The number of ether oxygens (including phenoxy) is 2. The Balaban J connectivity index is 1.79. The second-order valence-electron chi connectivity index (χ2n) is 5.16. The van der Waals surface area contributed by atoms with Crippen LogP contribution in [0.5, 0.6) is 11.5 Å². The average Bonchev–Trinajstić information content (AvgIpc) is 3.12. The van der Waals surface area contributed by atoms with Crippen molar-refractivity contribution in [2.24, 2.45) is 4.99 Å². The van der Waals surface area contributed by atoms with Gasteiger partial charge in [-0.3, -0.25) is 9.69 Å². The number of nitrogens with zero attached hydrogens (tertiary/aromatic N) is 2. The van der Waals surface area contributed by atoms with E-state index in [0.29, 0.717) is 23.2 Å². The second-order valence-corrected chi connectivity index (χ2v) is 5.16. The molecule has 2 heterocycles. The highest BCUT2D eigenvalue weighted by Gasteiger charge is 2.28. The van der Waals surface area contributed by atoms with Gasteiger partial charge < -0.3 is 25.0 Å². The molecule has 0 aromatic heterocycles. The van der Waals surface area contributed by atoms with Crippen LogP contribution >= 0.6 is 0 Å². The summed E-state index contributed by atoms with van der Waals surface area (Å²) in [4.78, 5) is 17.7. The Morgan fingerprint density at radius 1 is 1.43 bits per heavy atom. The maximum absolute atomic E-state index is 12.2. The molecule has 2 aliphatic heterocycles. The number of amides is 1. The Bertz CT molecular complexity index is 686. The molecule has 8 heteroatoms. The second kappa shape index (κ2) is 6.27. The molecule has 0 spiro atoms. The number of hydrogen-bond donors (Lipinski definition) is 3. The first-order chi connectivity index (χ1) is 11.1. The molecule has 2 aliphatic rings. The van der Waals surface area contributed by atoms with Gasteiger partial charge in [0, 0.05) is 7.05 Å². The molecule has 1 amide bonds. The third-order valence-electron chi connectivity index (χ3n) is 3.47. The van der Waals surface area contributed by atoms with Gasteiger partial charge in [0.25, 0.3) is 5.91 Å². The molecule has 1 saturated heterocycles. The van der Waals surface area contributed by atoms with Crippen LogP contribution in [0, 0.1) is 0 Å². The van der Waals surface area contributed by atoms with Crippen LogP contribution < -0.4 is 14.8 Å². The number of likely N-dealkylation sites (N-methyl/N-ethyl adjacent to an activating group) is 1. The highest BCUT2D eigenvalue weighted by atomic mass is 16.7. The molecule has 0 saturated carbocycles. The van der Waals surface area contributed by atoms with E-state index in [-0.39, 0.29) is 25.9 Å². The first kappa shape index (κ1) is 15.3. The minimum Gasteiger partial charge on any atom is -0.454 e. The van der Waals surface area contributed by atoms with E-state index in [9.17, 15) is 9.90 Å². The molecule has 0 bridgehead atoms. The average molecular weight is 319 g/mol. The van der Waals surface area contributed by atoms with Crippen molar-refractivity contribution in [1.29, 1.82) is 0 Å². The van der Waals surface area contributed by atoms with Gasteiger partial charge in [0.15, 0.2) is 11.5 Å². The summed E-state index contributed by atoms with van der Waals surface area (Å²) in [6, 6.07) is 5.39. The van der Waals surface area contributed by atoms with Gasteiger partial charge in [-0.25, -0.2) is 4.99 Å².